The average Bonchev–Trinajstić information content (AvgIpc) is 3.67. The van der Waals surface area contributed by atoms with Crippen molar-refractivity contribution in [3.8, 4) is 23.3 Å². The molecular formula is C32H34N2O5. The smallest absolute Gasteiger partial charge is 0.303 e. The van der Waals surface area contributed by atoms with Crippen molar-refractivity contribution in [2.75, 3.05) is 20.1 Å². The van der Waals surface area contributed by atoms with Crippen molar-refractivity contribution in [3.05, 3.63) is 59.2 Å². The molecule has 5 aliphatic rings. The quantitative estimate of drug-likeness (QED) is 0.486. The van der Waals surface area contributed by atoms with Crippen molar-refractivity contribution in [1.29, 1.82) is 0 Å². The number of likely N-dealkylation sites (tertiary alicyclic amines) is 1. The van der Waals surface area contributed by atoms with Gasteiger partial charge in [0.2, 0.25) is 0 Å². The van der Waals surface area contributed by atoms with E-state index in [1.807, 2.05) is 36.4 Å². The molecule has 1 spiro atoms. The van der Waals surface area contributed by atoms with E-state index in [1.54, 1.807) is 18.0 Å². The normalized spacial score (nSPS) is 31.8. The van der Waals surface area contributed by atoms with Crippen LogP contribution in [0.2, 0.25) is 0 Å². The lowest BCUT2D eigenvalue weighted by Crippen LogP contribution is -2.79. The number of rotatable bonds is 4. The molecule has 2 saturated carbocycles. The van der Waals surface area contributed by atoms with Gasteiger partial charge in [-0.2, -0.15) is 0 Å². The molecule has 0 aromatic heterocycles. The molecule has 2 bridgehead atoms. The maximum atomic E-state index is 13.4. The molecule has 2 aromatic carbocycles. The number of esters is 1. The number of carbonyl (C=O) groups excluding carboxylic acids is 2. The number of likely N-dealkylation sites (N-methyl/N-ethyl adjacent to an activating group) is 1. The fourth-order valence-electron chi connectivity index (χ4n) is 8.17. The van der Waals surface area contributed by atoms with Gasteiger partial charge < -0.3 is 19.5 Å². The van der Waals surface area contributed by atoms with Crippen molar-refractivity contribution >= 4 is 11.9 Å². The van der Waals surface area contributed by atoms with Crippen molar-refractivity contribution in [1.82, 2.24) is 9.80 Å². The molecule has 1 amide bonds. The fourth-order valence-corrected chi connectivity index (χ4v) is 8.17. The predicted molar refractivity (Wildman–Crippen MR) is 144 cm³/mol. The maximum Gasteiger partial charge on any atom is 0.303 e. The van der Waals surface area contributed by atoms with Gasteiger partial charge in [-0.1, -0.05) is 30.2 Å². The Balaban J connectivity index is 1.32. The van der Waals surface area contributed by atoms with Crippen LogP contribution in [-0.4, -0.2) is 70.7 Å². The van der Waals surface area contributed by atoms with Gasteiger partial charge in [-0.05, 0) is 74.8 Å². The summed E-state index contributed by atoms with van der Waals surface area (Å²) in [5.41, 5.74) is 1.50. The van der Waals surface area contributed by atoms with Crippen LogP contribution in [0.5, 0.6) is 11.5 Å². The topological polar surface area (TPSA) is 79.3 Å². The molecule has 2 heterocycles. The van der Waals surface area contributed by atoms with Crippen LogP contribution >= 0.6 is 0 Å². The first-order valence-electron chi connectivity index (χ1n) is 14.1. The highest BCUT2D eigenvalue weighted by Gasteiger charge is 2.75. The number of nitrogens with zero attached hydrogens (tertiary/aromatic N) is 2. The molecule has 5 atom stereocenters. The molecule has 39 heavy (non-hydrogen) atoms. The molecule has 7 heteroatoms. The van der Waals surface area contributed by atoms with E-state index in [2.05, 4.69) is 16.7 Å². The first-order chi connectivity index (χ1) is 18.8. The predicted octanol–water partition coefficient (Wildman–Crippen LogP) is 3.41. The number of amides is 1. The maximum absolute atomic E-state index is 13.4. The van der Waals surface area contributed by atoms with E-state index >= 15 is 0 Å². The van der Waals surface area contributed by atoms with Crippen LogP contribution in [0.3, 0.4) is 0 Å². The number of piperidine rings is 1. The molecule has 2 aliphatic heterocycles. The summed E-state index contributed by atoms with van der Waals surface area (Å²) in [6.45, 7) is 3.39. The second-order valence-electron chi connectivity index (χ2n) is 12.0. The largest absolute Gasteiger partial charge is 0.504 e. The number of ether oxygens (including phenoxy) is 2. The van der Waals surface area contributed by atoms with Gasteiger partial charge in [0.1, 0.15) is 11.7 Å². The Morgan fingerprint density at radius 2 is 1.95 bits per heavy atom. The summed E-state index contributed by atoms with van der Waals surface area (Å²) in [4.78, 5) is 30.4. The highest BCUT2D eigenvalue weighted by Crippen LogP contribution is 2.67. The summed E-state index contributed by atoms with van der Waals surface area (Å²) in [6, 6.07) is 13.0. The van der Waals surface area contributed by atoms with E-state index in [0.29, 0.717) is 24.5 Å². The Morgan fingerprint density at radius 1 is 1.15 bits per heavy atom. The number of phenols is 1. The molecule has 2 aromatic rings. The lowest BCUT2D eigenvalue weighted by Gasteiger charge is -2.65. The zero-order chi connectivity index (χ0) is 26.9. The molecule has 0 unspecified atom stereocenters. The van der Waals surface area contributed by atoms with Crippen LogP contribution in [0, 0.1) is 17.8 Å². The van der Waals surface area contributed by atoms with E-state index < -0.39 is 17.1 Å². The summed E-state index contributed by atoms with van der Waals surface area (Å²) in [5, 5.41) is 11.0. The molecule has 3 aliphatic carbocycles. The number of carbonyl (C=O) groups is 2. The van der Waals surface area contributed by atoms with Crippen LogP contribution < -0.4 is 4.74 Å². The summed E-state index contributed by atoms with van der Waals surface area (Å²) in [6.07, 6.45) is 4.80. The van der Waals surface area contributed by atoms with Gasteiger partial charge in [-0.25, -0.2) is 0 Å². The van der Waals surface area contributed by atoms with Crippen LogP contribution in [0.25, 0.3) is 0 Å². The van der Waals surface area contributed by atoms with E-state index in [4.69, 9.17) is 9.47 Å². The first-order valence-corrected chi connectivity index (χ1v) is 14.1. The minimum Gasteiger partial charge on any atom is -0.504 e. The minimum atomic E-state index is -0.779. The van der Waals surface area contributed by atoms with E-state index in [0.717, 1.165) is 42.6 Å². The van der Waals surface area contributed by atoms with Crippen LogP contribution in [0.1, 0.15) is 55.7 Å². The zero-order valence-electron chi connectivity index (χ0n) is 22.5. The van der Waals surface area contributed by atoms with Crippen LogP contribution in [0.4, 0.5) is 0 Å². The Morgan fingerprint density at radius 3 is 2.69 bits per heavy atom. The van der Waals surface area contributed by atoms with Crippen molar-refractivity contribution in [2.24, 2.45) is 5.92 Å². The zero-order valence-corrected chi connectivity index (χ0v) is 22.5. The van der Waals surface area contributed by atoms with Crippen LogP contribution in [-0.2, 0) is 26.2 Å². The van der Waals surface area contributed by atoms with Crippen LogP contribution in [0.15, 0.2) is 42.5 Å². The molecule has 202 valence electrons. The van der Waals surface area contributed by atoms with E-state index in [-0.39, 0.29) is 29.7 Å². The monoisotopic (exact) mass is 526 g/mol. The van der Waals surface area contributed by atoms with Gasteiger partial charge in [0.25, 0.3) is 5.91 Å². The van der Waals surface area contributed by atoms with Gasteiger partial charge in [-0.3, -0.25) is 14.5 Å². The van der Waals surface area contributed by atoms with Crippen molar-refractivity contribution in [3.63, 3.8) is 0 Å². The lowest BCUT2D eigenvalue weighted by molar-refractivity contribution is -0.223. The number of phenolic OH excluding ortho intramolecular Hbond substituents is 1. The molecule has 7 nitrogen and oxygen atoms in total. The Labute approximate surface area is 229 Å². The fraction of sp³-hybridized carbons (Fsp3) is 0.500. The lowest BCUT2D eigenvalue weighted by atomic mass is 9.48. The number of benzene rings is 2. The summed E-state index contributed by atoms with van der Waals surface area (Å²) in [7, 11) is 1.79. The van der Waals surface area contributed by atoms with Crippen molar-refractivity contribution in [2.45, 2.75) is 74.7 Å². The molecule has 1 N–H and O–H groups in total. The highest BCUT2D eigenvalue weighted by molar-refractivity contribution is 5.94. The summed E-state index contributed by atoms with van der Waals surface area (Å²) >= 11 is 0. The molecule has 0 radical (unpaired) electrons. The highest BCUT2D eigenvalue weighted by atomic mass is 16.6. The van der Waals surface area contributed by atoms with Gasteiger partial charge >= 0.3 is 5.97 Å². The van der Waals surface area contributed by atoms with Gasteiger partial charge in [0, 0.05) is 37.6 Å². The summed E-state index contributed by atoms with van der Waals surface area (Å²) in [5.74, 6) is 6.54. The third-order valence-corrected chi connectivity index (χ3v) is 9.92. The third-order valence-electron chi connectivity index (χ3n) is 9.92. The molecule has 1 saturated heterocycles. The van der Waals surface area contributed by atoms with E-state index in [1.165, 1.54) is 19.8 Å². The second-order valence-corrected chi connectivity index (χ2v) is 12.0. The summed E-state index contributed by atoms with van der Waals surface area (Å²) < 4.78 is 13.2. The third kappa shape index (κ3) is 3.54. The average molecular weight is 527 g/mol. The van der Waals surface area contributed by atoms with Gasteiger partial charge in [-0.15, -0.1) is 0 Å². The molecule has 3 fully saturated rings. The Bertz CT molecular complexity index is 1410. The molecule has 7 rings (SSSR count). The number of aromatic hydroxyl groups is 1. The Hall–Kier alpha value is -3.50. The van der Waals surface area contributed by atoms with Gasteiger partial charge in [0.15, 0.2) is 11.5 Å². The van der Waals surface area contributed by atoms with Crippen molar-refractivity contribution < 1.29 is 24.2 Å². The number of hydrogen-bond donors (Lipinski definition) is 1. The SMILES string of the molecule is CC(=O)O[C@@]12CC[C@@H](N(C)C(=O)C#Cc3ccccc3)[C@@H]3Oc4c(O)ccc5c4[C@@]31CCN(CC1CC1)[C@@H]2C5. The Kier molecular flexibility index (Phi) is 5.51. The standard InChI is InChI=1S/C32H34N2O5/c1-20(35)39-32-15-14-24(33(2)27(37)13-10-21-6-4-3-5-7-21)30-31(32)16-17-34(19-22-8-9-22)26(32)18-23-11-12-25(36)29(38-30)28(23)31/h3-7,11-12,22,24,26,30,36H,8-9,14-19H2,1-2H3/t24-,26-,30+,31+,32-/m1/s1. The second kappa shape index (κ2) is 8.76. The van der Waals surface area contributed by atoms with Gasteiger partial charge in [0.05, 0.1) is 17.5 Å². The first kappa shape index (κ1) is 24.5. The van der Waals surface area contributed by atoms with E-state index in [9.17, 15) is 14.7 Å². The minimum absolute atomic E-state index is 0.0321. The molecular weight excluding hydrogens is 492 g/mol. The number of hydrogen-bond acceptors (Lipinski definition) is 6.